The molecule has 9 heteroatoms. The van der Waals surface area contributed by atoms with E-state index in [9.17, 15) is 0 Å². The molecular weight excluding hydrogens is 306 g/mol. The predicted molar refractivity (Wildman–Crippen MR) is 83.2 cm³/mol. The number of fused-ring (bicyclic) bond motifs is 2. The zero-order valence-corrected chi connectivity index (χ0v) is 12.2. The van der Waals surface area contributed by atoms with Gasteiger partial charge in [-0.05, 0) is 23.9 Å². The van der Waals surface area contributed by atoms with Gasteiger partial charge in [-0.3, -0.25) is 10.5 Å². The van der Waals surface area contributed by atoms with Gasteiger partial charge in [0.2, 0.25) is 5.95 Å². The molecule has 0 saturated heterocycles. The first kappa shape index (κ1) is 12.5. The van der Waals surface area contributed by atoms with E-state index in [1.54, 1.807) is 17.5 Å². The SMILES string of the molecule is NNc1nc(Sc2nc3ccccc3s2)c2cn[nH]c2n1. The van der Waals surface area contributed by atoms with Crippen LogP contribution in [0.4, 0.5) is 5.95 Å². The first-order valence-electron chi connectivity index (χ1n) is 6.04. The molecule has 3 aromatic heterocycles. The Bertz CT molecular complexity index is 897. The molecule has 0 saturated carbocycles. The van der Waals surface area contributed by atoms with Crippen molar-refractivity contribution in [3.05, 3.63) is 30.5 Å². The van der Waals surface area contributed by atoms with Crippen LogP contribution in [-0.4, -0.2) is 25.1 Å². The van der Waals surface area contributed by atoms with Crippen molar-refractivity contribution in [3.63, 3.8) is 0 Å². The fourth-order valence-corrected chi connectivity index (χ4v) is 4.00. The van der Waals surface area contributed by atoms with E-state index in [4.69, 9.17) is 5.84 Å². The van der Waals surface area contributed by atoms with Crippen LogP contribution in [0.3, 0.4) is 0 Å². The van der Waals surface area contributed by atoms with Crippen molar-refractivity contribution in [3.8, 4) is 0 Å². The van der Waals surface area contributed by atoms with Crippen molar-refractivity contribution in [2.24, 2.45) is 5.84 Å². The first-order valence-corrected chi connectivity index (χ1v) is 7.68. The van der Waals surface area contributed by atoms with Crippen molar-refractivity contribution in [1.82, 2.24) is 25.1 Å². The highest BCUT2D eigenvalue weighted by Gasteiger charge is 2.13. The summed E-state index contributed by atoms with van der Waals surface area (Å²) >= 11 is 3.10. The lowest BCUT2D eigenvalue weighted by Gasteiger charge is -2.02. The fraction of sp³-hybridized carbons (Fsp3) is 0. The van der Waals surface area contributed by atoms with E-state index in [0.717, 1.165) is 25.0 Å². The number of nitrogens with zero attached hydrogens (tertiary/aromatic N) is 4. The van der Waals surface area contributed by atoms with Crippen molar-refractivity contribution >= 4 is 50.3 Å². The maximum atomic E-state index is 5.40. The second kappa shape index (κ2) is 4.95. The molecular formula is C12H9N7S2. The van der Waals surface area contributed by atoms with Gasteiger partial charge in [0.1, 0.15) is 5.03 Å². The number of thiazole rings is 1. The second-order valence-corrected chi connectivity index (χ2v) is 6.45. The van der Waals surface area contributed by atoms with Crippen LogP contribution in [-0.2, 0) is 0 Å². The molecule has 0 aliphatic heterocycles. The number of para-hydroxylation sites is 1. The summed E-state index contributed by atoms with van der Waals surface area (Å²) in [6.07, 6.45) is 1.70. The van der Waals surface area contributed by atoms with Crippen LogP contribution < -0.4 is 11.3 Å². The minimum Gasteiger partial charge on any atom is -0.292 e. The summed E-state index contributed by atoms with van der Waals surface area (Å²) in [7, 11) is 0. The Balaban J connectivity index is 1.80. The summed E-state index contributed by atoms with van der Waals surface area (Å²) in [6.45, 7) is 0. The Hall–Kier alpha value is -2.23. The average Bonchev–Trinajstić information content (AvgIpc) is 3.12. The van der Waals surface area contributed by atoms with Gasteiger partial charge in [-0.25, -0.2) is 15.8 Å². The van der Waals surface area contributed by atoms with E-state index in [1.807, 2.05) is 18.2 Å². The second-order valence-electron chi connectivity index (χ2n) is 4.18. The van der Waals surface area contributed by atoms with E-state index >= 15 is 0 Å². The number of nitrogens with one attached hydrogen (secondary N) is 2. The Morgan fingerprint density at radius 1 is 1.19 bits per heavy atom. The number of benzene rings is 1. The number of hydrogen-bond acceptors (Lipinski definition) is 8. The largest absolute Gasteiger partial charge is 0.292 e. The summed E-state index contributed by atoms with van der Waals surface area (Å²) < 4.78 is 2.06. The molecule has 1 aromatic carbocycles. The molecule has 0 bridgehead atoms. The zero-order chi connectivity index (χ0) is 14.2. The Kier molecular flexibility index (Phi) is 2.95. The predicted octanol–water partition coefficient (Wildman–Crippen LogP) is 2.40. The molecule has 0 fully saturated rings. The molecule has 4 N–H and O–H groups in total. The third-order valence-electron chi connectivity index (χ3n) is 2.86. The number of nitrogen functional groups attached to an aromatic ring is 1. The maximum absolute atomic E-state index is 5.40. The van der Waals surface area contributed by atoms with Crippen LogP contribution in [0, 0.1) is 0 Å². The van der Waals surface area contributed by atoms with Crippen LogP contribution in [0.5, 0.6) is 0 Å². The molecule has 0 atom stereocenters. The van der Waals surface area contributed by atoms with Gasteiger partial charge >= 0.3 is 0 Å². The van der Waals surface area contributed by atoms with Crippen molar-refractivity contribution in [2.75, 3.05) is 5.43 Å². The molecule has 4 aromatic rings. The van der Waals surface area contributed by atoms with Gasteiger partial charge in [0.15, 0.2) is 9.99 Å². The summed E-state index contributed by atoms with van der Waals surface area (Å²) in [4.78, 5) is 13.2. The first-order chi connectivity index (χ1) is 10.3. The lowest BCUT2D eigenvalue weighted by molar-refractivity contribution is 1.05. The molecule has 4 rings (SSSR count). The number of nitrogens with two attached hydrogens (primary N) is 1. The number of hydrazine groups is 1. The van der Waals surface area contributed by atoms with Crippen molar-refractivity contribution < 1.29 is 0 Å². The van der Waals surface area contributed by atoms with Gasteiger partial charge in [-0.1, -0.05) is 12.1 Å². The monoisotopic (exact) mass is 315 g/mol. The molecule has 7 nitrogen and oxygen atoms in total. The van der Waals surface area contributed by atoms with Crippen LogP contribution >= 0.6 is 23.1 Å². The number of anilines is 1. The number of rotatable bonds is 3. The van der Waals surface area contributed by atoms with E-state index in [1.165, 1.54) is 11.8 Å². The lowest BCUT2D eigenvalue weighted by Crippen LogP contribution is -2.10. The topological polar surface area (TPSA) is 105 Å². The fourth-order valence-electron chi connectivity index (χ4n) is 1.93. The van der Waals surface area contributed by atoms with Gasteiger partial charge in [-0.2, -0.15) is 10.1 Å². The van der Waals surface area contributed by atoms with Gasteiger partial charge in [0.05, 0.1) is 21.8 Å². The molecule has 0 unspecified atom stereocenters. The van der Waals surface area contributed by atoms with E-state index < -0.39 is 0 Å². The van der Waals surface area contributed by atoms with Gasteiger partial charge in [-0.15, -0.1) is 11.3 Å². The van der Waals surface area contributed by atoms with Gasteiger partial charge in [0.25, 0.3) is 0 Å². The number of H-pyrrole nitrogens is 1. The Morgan fingerprint density at radius 3 is 2.95 bits per heavy atom. The molecule has 0 aliphatic rings. The minimum absolute atomic E-state index is 0.343. The van der Waals surface area contributed by atoms with Crippen LogP contribution in [0.15, 0.2) is 39.8 Å². The number of aromatic nitrogens is 5. The highest BCUT2D eigenvalue weighted by molar-refractivity contribution is 8.01. The smallest absolute Gasteiger partial charge is 0.240 e. The molecule has 0 amide bonds. The number of hydrogen-bond donors (Lipinski definition) is 3. The third-order valence-corrected chi connectivity index (χ3v) is 4.96. The summed E-state index contributed by atoms with van der Waals surface area (Å²) in [5.41, 5.74) is 4.09. The molecule has 21 heavy (non-hydrogen) atoms. The minimum atomic E-state index is 0.343. The number of aromatic amines is 1. The van der Waals surface area contributed by atoms with Gasteiger partial charge < -0.3 is 0 Å². The Morgan fingerprint density at radius 2 is 2.10 bits per heavy atom. The lowest BCUT2D eigenvalue weighted by atomic mass is 10.3. The highest BCUT2D eigenvalue weighted by Crippen LogP contribution is 2.36. The van der Waals surface area contributed by atoms with Crippen molar-refractivity contribution in [2.45, 2.75) is 9.37 Å². The van der Waals surface area contributed by atoms with E-state index in [2.05, 4.69) is 36.6 Å². The molecule has 104 valence electrons. The molecule has 0 aliphatic carbocycles. The van der Waals surface area contributed by atoms with E-state index in [-0.39, 0.29) is 0 Å². The average molecular weight is 315 g/mol. The Labute approximate surface area is 127 Å². The van der Waals surface area contributed by atoms with Crippen LogP contribution in [0.2, 0.25) is 0 Å². The highest BCUT2D eigenvalue weighted by atomic mass is 32.2. The quantitative estimate of drug-likeness (QED) is 0.303. The summed E-state index contributed by atoms with van der Waals surface area (Å²) in [5, 5.41) is 8.43. The van der Waals surface area contributed by atoms with Gasteiger partial charge in [0, 0.05) is 0 Å². The van der Waals surface area contributed by atoms with Crippen LogP contribution in [0.25, 0.3) is 21.3 Å². The molecule has 0 radical (unpaired) electrons. The summed E-state index contributed by atoms with van der Waals surface area (Å²) in [6, 6.07) is 8.03. The standard InChI is InChI=1S/C12H9N7S2/c13-18-11-16-9-6(5-14-19-9)10(17-11)21-12-15-7-3-1-2-4-8(7)20-12/h1-5H,13H2,(H2,14,16,17,18,19). The van der Waals surface area contributed by atoms with Crippen LogP contribution in [0.1, 0.15) is 0 Å². The normalized spacial score (nSPS) is 11.3. The van der Waals surface area contributed by atoms with Crippen molar-refractivity contribution in [1.29, 1.82) is 0 Å². The third kappa shape index (κ3) is 2.20. The molecule has 3 heterocycles. The van der Waals surface area contributed by atoms with E-state index in [0.29, 0.717) is 11.6 Å². The summed E-state index contributed by atoms with van der Waals surface area (Å²) in [5.74, 6) is 5.74. The molecule has 0 spiro atoms. The zero-order valence-electron chi connectivity index (χ0n) is 10.6. The maximum Gasteiger partial charge on any atom is 0.240 e.